The molecular formula is C17H15FN4OS. The van der Waals surface area contributed by atoms with Crippen molar-refractivity contribution in [2.24, 2.45) is 0 Å². The fourth-order valence-electron chi connectivity index (χ4n) is 2.12. The van der Waals surface area contributed by atoms with Crippen molar-refractivity contribution in [3.8, 4) is 11.4 Å². The number of nitrogens with one attached hydrogen (secondary N) is 2. The quantitative estimate of drug-likeness (QED) is 0.706. The molecule has 2 aromatic carbocycles. The largest absolute Gasteiger partial charge is 0.353 e. The Morgan fingerprint density at radius 3 is 2.67 bits per heavy atom. The van der Waals surface area contributed by atoms with E-state index < -0.39 is 0 Å². The molecular weight excluding hydrogens is 327 g/mol. The Morgan fingerprint density at radius 1 is 1.17 bits per heavy atom. The number of hydrogen-bond donors (Lipinski definition) is 2. The first kappa shape index (κ1) is 16.1. The lowest BCUT2D eigenvalue weighted by Crippen LogP contribution is -2.28. The van der Waals surface area contributed by atoms with Gasteiger partial charge in [0.1, 0.15) is 5.82 Å². The molecule has 24 heavy (non-hydrogen) atoms. The first-order valence-corrected chi connectivity index (χ1v) is 7.71. The second-order valence-corrected chi connectivity index (χ2v) is 5.55. The maximum absolute atomic E-state index is 12.9. The second-order valence-electron chi connectivity index (χ2n) is 5.14. The van der Waals surface area contributed by atoms with Gasteiger partial charge in [0, 0.05) is 11.3 Å². The van der Waals surface area contributed by atoms with E-state index in [0.29, 0.717) is 29.1 Å². The number of anilines is 1. The number of rotatable bonds is 4. The Balaban J connectivity index is 1.58. The Hall–Kier alpha value is -2.80. The SMILES string of the molecule is Cc1ccccc1-c1noc(CNC(=S)Nc2ccc(F)cc2)n1. The van der Waals surface area contributed by atoms with E-state index in [1.165, 1.54) is 12.1 Å². The predicted octanol–water partition coefficient (Wildman–Crippen LogP) is 3.67. The molecule has 5 nitrogen and oxygen atoms in total. The highest BCUT2D eigenvalue weighted by Gasteiger charge is 2.10. The molecule has 7 heteroatoms. The third kappa shape index (κ3) is 3.94. The Bertz CT molecular complexity index is 848. The minimum atomic E-state index is -0.297. The molecule has 0 aliphatic heterocycles. The fourth-order valence-corrected chi connectivity index (χ4v) is 2.31. The van der Waals surface area contributed by atoms with Crippen molar-refractivity contribution >= 4 is 23.0 Å². The molecule has 1 aromatic heterocycles. The van der Waals surface area contributed by atoms with Gasteiger partial charge >= 0.3 is 0 Å². The molecule has 122 valence electrons. The average Bonchev–Trinajstić information content (AvgIpc) is 3.04. The van der Waals surface area contributed by atoms with Gasteiger partial charge in [0.05, 0.1) is 6.54 Å². The van der Waals surface area contributed by atoms with Gasteiger partial charge in [-0.2, -0.15) is 4.98 Å². The summed E-state index contributed by atoms with van der Waals surface area (Å²) in [5.41, 5.74) is 2.70. The van der Waals surface area contributed by atoms with Crippen LogP contribution in [0.1, 0.15) is 11.5 Å². The van der Waals surface area contributed by atoms with Gasteiger partial charge in [-0.3, -0.25) is 0 Å². The number of nitrogens with zero attached hydrogens (tertiary/aromatic N) is 2. The van der Waals surface area contributed by atoms with E-state index in [1.807, 2.05) is 31.2 Å². The molecule has 0 amide bonds. The summed E-state index contributed by atoms with van der Waals surface area (Å²) in [6, 6.07) is 13.7. The van der Waals surface area contributed by atoms with Gasteiger partial charge in [-0.15, -0.1) is 0 Å². The summed E-state index contributed by atoms with van der Waals surface area (Å²) in [5, 5.41) is 10.3. The van der Waals surface area contributed by atoms with E-state index in [1.54, 1.807) is 12.1 Å². The van der Waals surface area contributed by atoms with Gasteiger partial charge < -0.3 is 15.2 Å². The number of benzene rings is 2. The monoisotopic (exact) mass is 342 g/mol. The maximum Gasteiger partial charge on any atom is 0.246 e. The average molecular weight is 342 g/mol. The van der Waals surface area contributed by atoms with Crippen molar-refractivity contribution in [2.45, 2.75) is 13.5 Å². The normalized spacial score (nSPS) is 10.4. The Kier molecular flexibility index (Phi) is 4.81. The van der Waals surface area contributed by atoms with Gasteiger partial charge in [0.25, 0.3) is 0 Å². The van der Waals surface area contributed by atoms with Gasteiger partial charge in [0.2, 0.25) is 11.7 Å². The first-order chi connectivity index (χ1) is 11.6. The van der Waals surface area contributed by atoms with Gasteiger partial charge in [-0.1, -0.05) is 29.4 Å². The summed E-state index contributed by atoms with van der Waals surface area (Å²) >= 11 is 5.18. The van der Waals surface area contributed by atoms with Crippen LogP contribution in [0.15, 0.2) is 53.1 Å². The van der Waals surface area contributed by atoms with E-state index in [2.05, 4.69) is 20.8 Å². The lowest BCUT2D eigenvalue weighted by molar-refractivity contribution is 0.376. The van der Waals surface area contributed by atoms with E-state index in [0.717, 1.165) is 11.1 Å². The molecule has 0 radical (unpaired) electrons. The molecule has 0 atom stereocenters. The first-order valence-electron chi connectivity index (χ1n) is 7.31. The van der Waals surface area contributed by atoms with Crippen LogP contribution in [-0.4, -0.2) is 15.3 Å². The lowest BCUT2D eigenvalue weighted by Gasteiger charge is -2.08. The van der Waals surface area contributed by atoms with Crippen LogP contribution < -0.4 is 10.6 Å². The van der Waals surface area contributed by atoms with Crippen LogP contribution >= 0.6 is 12.2 Å². The zero-order valence-corrected chi connectivity index (χ0v) is 13.7. The zero-order valence-electron chi connectivity index (χ0n) is 12.9. The van der Waals surface area contributed by atoms with Crippen molar-refractivity contribution in [3.63, 3.8) is 0 Å². The molecule has 0 bridgehead atoms. The molecule has 2 N–H and O–H groups in total. The molecule has 0 aliphatic carbocycles. The molecule has 0 saturated heterocycles. The smallest absolute Gasteiger partial charge is 0.246 e. The van der Waals surface area contributed by atoms with Gasteiger partial charge in [0.15, 0.2) is 5.11 Å². The summed E-state index contributed by atoms with van der Waals surface area (Å²) in [5.74, 6) is 0.674. The number of halogens is 1. The fraction of sp³-hybridized carbons (Fsp3) is 0.118. The van der Waals surface area contributed by atoms with Gasteiger partial charge in [-0.25, -0.2) is 4.39 Å². The summed E-state index contributed by atoms with van der Waals surface area (Å²) in [7, 11) is 0. The highest BCUT2D eigenvalue weighted by molar-refractivity contribution is 7.80. The molecule has 1 heterocycles. The van der Waals surface area contributed by atoms with E-state index in [4.69, 9.17) is 16.7 Å². The van der Waals surface area contributed by atoms with E-state index >= 15 is 0 Å². The molecule has 0 aliphatic rings. The number of hydrogen-bond acceptors (Lipinski definition) is 4. The van der Waals surface area contributed by atoms with Crippen molar-refractivity contribution in [3.05, 3.63) is 65.8 Å². The zero-order chi connectivity index (χ0) is 16.9. The van der Waals surface area contributed by atoms with Gasteiger partial charge in [-0.05, 0) is 49.0 Å². The van der Waals surface area contributed by atoms with Crippen molar-refractivity contribution < 1.29 is 8.91 Å². The Labute approximate surface area is 143 Å². The summed E-state index contributed by atoms with van der Waals surface area (Å²) < 4.78 is 18.1. The topological polar surface area (TPSA) is 63.0 Å². The molecule has 0 saturated carbocycles. The minimum absolute atomic E-state index is 0.297. The minimum Gasteiger partial charge on any atom is -0.353 e. The third-order valence-corrected chi connectivity index (χ3v) is 3.60. The highest BCUT2D eigenvalue weighted by Crippen LogP contribution is 2.19. The van der Waals surface area contributed by atoms with Crippen LogP contribution in [0.2, 0.25) is 0 Å². The molecule has 3 rings (SSSR count). The number of aryl methyl sites for hydroxylation is 1. The van der Waals surface area contributed by atoms with Crippen LogP contribution in [0.4, 0.5) is 10.1 Å². The van der Waals surface area contributed by atoms with Crippen LogP contribution in [0.25, 0.3) is 11.4 Å². The predicted molar refractivity (Wildman–Crippen MR) is 93.9 cm³/mol. The van der Waals surface area contributed by atoms with Crippen LogP contribution in [0.3, 0.4) is 0 Å². The lowest BCUT2D eigenvalue weighted by atomic mass is 10.1. The molecule has 0 fully saturated rings. The third-order valence-electron chi connectivity index (χ3n) is 3.36. The maximum atomic E-state index is 12.9. The summed E-state index contributed by atoms with van der Waals surface area (Å²) in [6.45, 7) is 2.29. The van der Waals surface area contributed by atoms with Crippen molar-refractivity contribution in [1.29, 1.82) is 0 Å². The molecule has 0 unspecified atom stereocenters. The molecule has 0 spiro atoms. The standard InChI is InChI=1S/C17H15FN4OS/c1-11-4-2-3-5-14(11)16-21-15(23-22-16)10-19-17(24)20-13-8-6-12(18)7-9-13/h2-9H,10H2,1H3,(H2,19,20,24). The summed E-state index contributed by atoms with van der Waals surface area (Å²) in [6.07, 6.45) is 0. The van der Waals surface area contributed by atoms with Crippen LogP contribution in [-0.2, 0) is 6.54 Å². The highest BCUT2D eigenvalue weighted by atomic mass is 32.1. The summed E-state index contributed by atoms with van der Waals surface area (Å²) in [4.78, 5) is 4.35. The van der Waals surface area contributed by atoms with Crippen molar-refractivity contribution in [1.82, 2.24) is 15.5 Å². The van der Waals surface area contributed by atoms with E-state index in [-0.39, 0.29) is 5.82 Å². The molecule has 3 aromatic rings. The van der Waals surface area contributed by atoms with Crippen molar-refractivity contribution in [2.75, 3.05) is 5.32 Å². The van der Waals surface area contributed by atoms with Crippen LogP contribution in [0.5, 0.6) is 0 Å². The second kappa shape index (κ2) is 7.18. The Morgan fingerprint density at radius 2 is 1.92 bits per heavy atom. The number of thiocarbonyl (C=S) groups is 1. The van der Waals surface area contributed by atoms with E-state index in [9.17, 15) is 4.39 Å². The number of aromatic nitrogens is 2. The van der Waals surface area contributed by atoms with Crippen LogP contribution in [0, 0.1) is 12.7 Å².